The average Bonchev–Trinajstić information content (AvgIpc) is 2.77. The van der Waals surface area contributed by atoms with Gasteiger partial charge in [0.15, 0.2) is 11.4 Å². The minimum atomic E-state index is -0.542. The third-order valence-electron chi connectivity index (χ3n) is 3.22. The number of nitrogens with one attached hydrogen (secondary N) is 1. The van der Waals surface area contributed by atoms with Crippen LogP contribution in [-0.2, 0) is 0 Å². The fourth-order valence-corrected chi connectivity index (χ4v) is 2.23. The Morgan fingerprint density at radius 1 is 1.25 bits per heavy atom. The first kappa shape index (κ1) is 12.2. The Kier molecular flexibility index (Phi) is 2.68. The van der Waals surface area contributed by atoms with Gasteiger partial charge < -0.3 is 10.2 Å². The molecule has 2 aromatic carbocycles. The van der Waals surface area contributed by atoms with Crippen LogP contribution in [0.3, 0.4) is 0 Å². The zero-order valence-corrected chi connectivity index (χ0v) is 10.8. The highest BCUT2D eigenvalue weighted by molar-refractivity contribution is 6.13. The molecule has 0 atom stereocenters. The van der Waals surface area contributed by atoms with Crippen LogP contribution in [0, 0.1) is 6.92 Å². The van der Waals surface area contributed by atoms with E-state index < -0.39 is 5.76 Å². The summed E-state index contributed by atoms with van der Waals surface area (Å²) in [6.07, 6.45) is 0. The number of nitrogens with two attached hydrogens (primary N) is 1. The van der Waals surface area contributed by atoms with Crippen molar-refractivity contribution in [2.45, 2.75) is 6.92 Å². The fourth-order valence-electron chi connectivity index (χ4n) is 2.23. The normalized spacial score (nSPS) is 10.8. The highest BCUT2D eigenvalue weighted by Gasteiger charge is 2.16. The van der Waals surface area contributed by atoms with E-state index in [0.717, 1.165) is 5.56 Å². The number of rotatable bonds is 2. The molecule has 0 aliphatic heterocycles. The van der Waals surface area contributed by atoms with Gasteiger partial charge >= 0.3 is 5.76 Å². The molecule has 5 nitrogen and oxygen atoms in total. The zero-order valence-electron chi connectivity index (χ0n) is 10.8. The van der Waals surface area contributed by atoms with Gasteiger partial charge in [-0.15, -0.1) is 0 Å². The SMILES string of the molecule is Cc1cccc(N)c1C(=O)c1ccc2[nH]c(=O)oc2c1. The van der Waals surface area contributed by atoms with E-state index in [1.165, 1.54) is 0 Å². The van der Waals surface area contributed by atoms with Gasteiger partial charge in [0, 0.05) is 16.8 Å². The van der Waals surface area contributed by atoms with Gasteiger partial charge in [-0.2, -0.15) is 0 Å². The van der Waals surface area contributed by atoms with Crippen molar-refractivity contribution in [3.05, 3.63) is 63.6 Å². The second kappa shape index (κ2) is 4.38. The molecule has 20 heavy (non-hydrogen) atoms. The number of oxazole rings is 1. The molecule has 0 radical (unpaired) electrons. The van der Waals surface area contributed by atoms with E-state index in [1.54, 1.807) is 30.3 Å². The molecule has 0 amide bonds. The van der Waals surface area contributed by atoms with Crippen LogP contribution in [0.5, 0.6) is 0 Å². The summed E-state index contributed by atoms with van der Waals surface area (Å²) >= 11 is 0. The highest BCUT2D eigenvalue weighted by atomic mass is 16.4. The summed E-state index contributed by atoms with van der Waals surface area (Å²) in [7, 11) is 0. The Labute approximate surface area is 114 Å². The Hall–Kier alpha value is -2.82. The van der Waals surface area contributed by atoms with Crippen molar-refractivity contribution in [1.82, 2.24) is 4.98 Å². The van der Waals surface area contributed by atoms with Gasteiger partial charge in [-0.25, -0.2) is 4.79 Å². The molecule has 3 aromatic rings. The topological polar surface area (TPSA) is 89.1 Å². The van der Waals surface area contributed by atoms with Crippen molar-refractivity contribution >= 4 is 22.6 Å². The molecular formula is C15H12N2O3. The van der Waals surface area contributed by atoms with Gasteiger partial charge in [0.1, 0.15) is 0 Å². The van der Waals surface area contributed by atoms with Crippen LogP contribution in [0.1, 0.15) is 21.5 Å². The van der Waals surface area contributed by atoms with Crippen LogP contribution in [-0.4, -0.2) is 10.8 Å². The maximum Gasteiger partial charge on any atom is 0.417 e. The highest BCUT2D eigenvalue weighted by Crippen LogP contribution is 2.22. The summed E-state index contributed by atoms with van der Waals surface area (Å²) in [6, 6.07) is 10.1. The molecule has 5 heteroatoms. The Morgan fingerprint density at radius 3 is 2.80 bits per heavy atom. The second-order valence-corrected chi connectivity index (χ2v) is 4.59. The molecule has 0 spiro atoms. The summed E-state index contributed by atoms with van der Waals surface area (Å²) in [5.41, 5.74) is 8.94. The Morgan fingerprint density at radius 2 is 2.05 bits per heavy atom. The van der Waals surface area contributed by atoms with E-state index in [1.807, 2.05) is 13.0 Å². The number of ketones is 1. The predicted molar refractivity (Wildman–Crippen MR) is 75.9 cm³/mol. The number of nitrogen functional groups attached to an aromatic ring is 1. The van der Waals surface area contributed by atoms with Crippen LogP contribution in [0.2, 0.25) is 0 Å². The molecular weight excluding hydrogens is 256 g/mol. The molecule has 3 rings (SSSR count). The minimum absolute atomic E-state index is 0.189. The lowest BCUT2D eigenvalue weighted by Crippen LogP contribution is -2.07. The van der Waals surface area contributed by atoms with Gasteiger partial charge in [0.2, 0.25) is 0 Å². The van der Waals surface area contributed by atoms with Gasteiger partial charge in [0.25, 0.3) is 0 Å². The number of H-pyrrole nitrogens is 1. The first-order valence-corrected chi connectivity index (χ1v) is 6.09. The summed E-state index contributed by atoms with van der Waals surface area (Å²) < 4.78 is 4.96. The number of carbonyl (C=O) groups is 1. The molecule has 0 saturated heterocycles. The van der Waals surface area contributed by atoms with Crippen LogP contribution in [0.25, 0.3) is 11.1 Å². The predicted octanol–water partition coefficient (Wildman–Crippen LogP) is 2.24. The first-order chi connectivity index (χ1) is 9.56. The van der Waals surface area contributed by atoms with E-state index in [4.69, 9.17) is 10.2 Å². The quantitative estimate of drug-likeness (QED) is 0.551. The van der Waals surface area contributed by atoms with E-state index >= 15 is 0 Å². The monoisotopic (exact) mass is 268 g/mol. The number of hydrogen-bond donors (Lipinski definition) is 2. The van der Waals surface area contributed by atoms with Crippen molar-refractivity contribution in [1.29, 1.82) is 0 Å². The molecule has 100 valence electrons. The molecule has 0 aliphatic carbocycles. The lowest BCUT2D eigenvalue weighted by molar-refractivity contribution is 0.103. The van der Waals surface area contributed by atoms with Crippen molar-refractivity contribution < 1.29 is 9.21 Å². The van der Waals surface area contributed by atoms with Crippen molar-refractivity contribution in [2.24, 2.45) is 0 Å². The number of aromatic nitrogens is 1. The number of fused-ring (bicyclic) bond motifs is 1. The Bertz CT molecular complexity index is 854. The number of carbonyl (C=O) groups excluding carboxylic acids is 1. The molecule has 0 unspecified atom stereocenters. The van der Waals surface area contributed by atoms with Gasteiger partial charge in [-0.1, -0.05) is 12.1 Å². The largest absolute Gasteiger partial charge is 0.417 e. The molecule has 1 heterocycles. The van der Waals surface area contributed by atoms with Crippen molar-refractivity contribution in [3.8, 4) is 0 Å². The number of aromatic amines is 1. The first-order valence-electron chi connectivity index (χ1n) is 6.09. The zero-order chi connectivity index (χ0) is 14.3. The number of benzene rings is 2. The van der Waals surface area contributed by atoms with Crippen LogP contribution >= 0.6 is 0 Å². The third kappa shape index (κ3) is 1.89. The second-order valence-electron chi connectivity index (χ2n) is 4.59. The number of aryl methyl sites for hydroxylation is 1. The van der Waals surface area contributed by atoms with Gasteiger partial charge in [0.05, 0.1) is 5.52 Å². The Balaban J connectivity index is 2.15. The van der Waals surface area contributed by atoms with Crippen LogP contribution in [0.4, 0.5) is 5.69 Å². The smallest absolute Gasteiger partial charge is 0.408 e. The average molecular weight is 268 g/mol. The molecule has 0 bridgehead atoms. The van der Waals surface area contributed by atoms with E-state index in [0.29, 0.717) is 27.9 Å². The minimum Gasteiger partial charge on any atom is -0.408 e. The fraction of sp³-hybridized carbons (Fsp3) is 0.0667. The third-order valence-corrected chi connectivity index (χ3v) is 3.22. The summed E-state index contributed by atoms with van der Waals surface area (Å²) in [4.78, 5) is 26.2. The van der Waals surface area contributed by atoms with E-state index in [9.17, 15) is 9.59 Å². The van der Waals surface area contributed by atoms with Gasteiger partial charge in [-0.3, -0.25) is 9.78 Å². The number of hydrogen-bond acceptors (Lipinski definition) is 4. The summed E-state index contributed by atoms with van der Waals surface area (Å²) in [5, 5.41) is 0. The molecule has 0 aliphatic rings. The van der Waals surface area contributed by atoms with Crippen molar-refractivity contribution in [3.63, 3.8) is 0 Å². The lowest BCUT2D eigenvalue weighted by atomic mass is 9.97. The maximum atomic E-state index is 12.5. The summed E-state index contributed by atoms with van der Waals surface area (Å²) in [6.45, 7) is 1.83. The van der Waals surface area contributed by atoms with Crippen LogP contribution < -0.4 is 11.5 Å². The summed E-state index contributed by atoms with van der Waals surface area (Å²) in [5.74, 6) is -0.730. The molecule has 0 saturated carbocycles. The molecule has 3 N–H and O–H groups in total. The number of anilines is 1. The lowest BCUT2D eigenvalue weighted by Gasteiger charge is -2.08. The maximum absolute atomic E-state index is 12.5. The molecule has 1 aromatic heterocycles. The molecule has 0 fully saturated rings. The van der Waals surface area contributed by atoms with E-state index in [-0.39, 0.29) is 5.78 Å². The standard InChI is InChI=1S/C15H12N2O3/c1-8-3-2-4-10(16)13(8)14(18)9-5-6-11-12(7-9)20-15(19)17-11/h2-7H,16H2,1H3,(H,17,19). The van der Waals surface area contributed by atoms with E-state index in [2.05, 4.69) is 4.98 Å². The van der Waals surface area contributed by atoms with Crippen molar-refractivity contribution in [2.75, 3.05) is 5.73 Å². The van der Waals surface area contributed by atoms with Gasteiger partial charge in [-0.05, 0) is 36.8 Å². The van der Waals surface area contributed by atoms with Crippen LogP contribution in [0.15, 0.2) is 45.6 Å².